The third kappa shape index (κ3) is 2.35. The van der Waals surface area contributed by atoms with Crippen LogP contribution < -0.4 is 5.32 Å². The van der Waals surface area contributed by atoms with E-state index in [4.69, 9.17) is 4.74 Å². The maximum absolute atomic E-state index is 12.0. The van der Waals surface area contributed by atoms with Crippen molar-refractivity contribution in [1.82, 2.24) is 10.2 Å². The molecule has 0 atom stereocenters. The molecule has 0 bridgehead atoms. The molecule has 2 aliphatic rings. The number of amides is 2. The average molecular weight is 274 g/mol. The number of carbonyl (C=O) groups is 2. The van der Waals surface area contributed by atoms with E-state index in [-0.39, 0.29) is 17.4 Å². The molecule has 1 aromatic carbocycles. The first-order chi connectivity index (χ1) is 9.70. The molecule has 5 nitrogen and oxygen atoms in total. The maximum atomic E-state index is 12.0. The number of hydrogen-bond donors (Lipinski definition) is 1. The molecule has 2 heterocycles. The van der Waals surface area contributed by atoms with Crippen LogP contribution in [0.2, 0.25) is 0 Å². The van der Waals surface area contributed by atoms with Gasteiger partial charge in [-0.25, -0.2) is 4.79 Å². The Bertz CT molecular complexity index is 507. The van der Waals surface area contributed by atoms with Gasteiger partial charge in [0.15, 0.2) is 0 Å². The lowest BCUT2D eigenvalue weighted by Crippen LogP contribution is -2.63. The summed E-state index contributed by atoms with van der Waals surface area (Å²) in [6.45, 7) is 2.24. The summed E-state index contributed by atoms with van der Waals surface area (Å²) in [4.78, 5) is 25.2. The first-order valence-corrected chi connectivity index (χ1v) is 6.94. The van der Waals surface area contributed by atoms with Gasteiger partial charge in [0, 0.05) is 19.6 Å². The average Bonchev–Trinajstić information content (AvgIpc) is 2.52. The van der Waals surface area contributed by atoms with Crippen molar-refractivity contribution in [2.45, 2.75) is 19.4 Å². The Morgan fingerprint density at radius 3 is 2.50 bits per heavy atom. The second-order valence-electron chi connectivity index (χ2n) is 5.49. The molecule has 2 amide bonds. The molecular formula is C15H18N2O3. The van der Waals surface area contributed by atoms with E-state index < -0.39 is 0 Å². The smallest absolute Gasteiger partial charge is 0.410 e. The van der Waals surface area contributed by atoms with Crippen molar-refractivity contribution in [3.63, 3.8) is 0 Å². The summed E-state index contributed by atoms with van der Waals surface area (Å²) in [7, 11) is 0. The number of nitrogens with one attached hydrogen (secondary N) is 1. The van der Waals surface area contributed by atoms with Gasteiger partial charge in [0.1, 0.15) is 6.61 Å². The molecule has 2 fully saturated rings. The lowest BCUT2D eigenvalue weighted by Gasteiger charge is -2.46. The molecule has 0 aliphatic carbocycles. The summed E-state index contributed by atoms with van der Waals surface area (Å²) < 4.78 is 5.30. The van der Waals surface area contributed by atoms with Gasteiger partial charge in [-0.1, -0.05) is 30.3 Å². The molecule has 106 valence electrons. The maximum Gasteiger partial charge on any atom is 0.410 e. The molecule has 1 spiro atoms. The predicted octanol–water partition coefficient (Wildman–Crippen LogP) is 1.54. The van der Waals surface area contributed by atoms with Crippen LogP contribution in [0.4, 0.5) is 4.79 Å². The lowest BCUT2D eigenvalue weighted by molar-refractivity contribution is -0.143. The zero-order chi connectivity index (χ0) is 14.0. The fraction of sp³-hybridized carbons (Fsp3) is 0.467. The van der Waals surface area contributed by atoms with Crippen LogP contribution in [-0.2, 0) is 16.1 Å². The highest BCUT2D eigenvalue weighted by Gasteiger charge is 2.48. The van der Waals surface area contributed by atoms with E-state index in [1.54, 1.807) is 4.90 Å². The highest BCUT2D eigenvalue weighted by Crippen LogP contribution is 2.36. The Labute approximate surface area is 117 Å². The number of piperidine rings is 1. The van der Waals surface area contributed by atoms with Crippen LogP contribution >= 0.6 is 0 Å². The van der Waals surface area contributed by atoms with E-state index in [0.29, 0.717) is 19.7 Å². The first kappa shape index (κ1) is 13.0. The van der Waals surface area contributed by atoms with Crippen LogP contribution in [0.3, 0.4) is 0 Å². The number of carbonyl (C=O) groups excluding carboxylic acids is 2. The van der Waals surface area contributed by atoms with Crippen LogP contribution in [-0.4, -0.2) is 36.5 Å². The molecule has 2 aliphatic heterocycles. The van der Waals surface area contributed by atoms with Gasteiger partial charge in [0.05, 0.1) is 5.41 Å². The molecule has 0 radical (unpaired) electrons. The Hall–Kier alpha value is -2.04. The second kappa shape index (κ2) is 5.15. The van der Waals surface area contributed by atoms with Crippen molar-refractivity contribution in [3.05, 3.63) is 35.9 Å². The van der Waals surface area contributed by atoms with Crippen LogP contribution in [0, 0.1) is 5.41 Å². The van der Waals surface area contributed by atoms with E-state index in [1.807, 2.05) is 30.3 Å². The van der Waals surface area contributed by atoms with E-state index in [9.17, 15) is 9.59 Å². The van der Waals surface area contributed by atoms with Crippen molar-refractivity contribution in [1.29, 1.82) is 0 Å². The molecule has 1 N–H and O–H groups in total. The number of ether oxygens (including phenoxy) is 1. The standard InChI is InChI=1S/C15H18N2O3/c18-13-15(11-16-13)6-8-17(9-7-15)14(19)20-10-12-4-2-1-3-5-12/h1-5H,6-11H2,(H,16,18). The molecule has 1 aromatic rings. The normalized spacial score (nSPS) is 20.2. The van der Waals surface area contributed by atoms with Gasteiger partial charge in [-0.2, -0.15) is 0 Å². The van der Waals surface area contributed by atoms with E-state index in [2.05, 4.69) is 5.32 Å². The van der Waals surface area contributed by atoms with Gasteiger partial charge >= 0.3 is 6.09 Å². The van der Waals surface area contributed by atoms with Crippen LogP contribution in [0.5, 0.6) is 0 Å². The number of hydrogen-bond acceptors (Lipinski definition) is 3. The number of benzene rings is 1. The predicted molar refractivity (Wildman–Crippen MR) is 72.9 cm³/mol. The topological polar surface area (TPSA) is 58.6 Å². The van der Waals surface area contributed by atoms with Crippen molar-refractivity contribution in [3.8, 4) is 0 Å². The summed E-state index contributed by atoms with van der Waals surface area (Å²) in [5.41, 5.74) is 0.767. The summed E-state index contributed by atoms with van der Waals surface area (Å²) in [5.74, 6) is 0.134. The number of rotatable bonds is 2. The molecule has 5 heteroatoms. The molecule has 0 saturated carbocycles. The van der Waals surface area contributed by atoms with Crippen LogP contribution in [0.25, 0.3) is 0 Å². The van der Waals surface area contributed by atoms with Crippen LogP contribution in [0.15, 0.2) is 30.3 Å². The van der Waals surface area contributed by atoms with Crippen molar-refractivity contribution in [2.24, 2.45) is 5.41 Å². The van der Waals surface area contributed by atoms with E-state index >= 15 is 0 Å². The minimum atomic E-state index is -0.288. The molecule has 0 unspecified atom stereocenters. The Kier molecular flexibility index (Phi) is 3.34. The Morgan fingerprint density at radius 1 is 1.25 bits per heavy atom. The number of β-lactam (4-membered cyclic amide) rings is 1. The quantitative estimate of drug-likeness (QED) is 0.832. The largest absolute Gasteiger partial charge is 0.445 e. The minimum absolute atomic E-state index is 0.134. The van der Waals surface area contributed by atoms with Gasteiger partial charge in [0.25, 0.3) is 0 Å². The molecule has 2 saturated heterocycles. The van der Waals surface area contributed by atoms with Gasteiger partial charge in [-0.15, -0.1) is 0 Å². The van der Waals surface area contributed by atoms with Crippen molar-refractivity contribution < 1.29 is 14.3 Å². The van der Waals surface area contributed by atoms with Crippen molar-refractivity contribution in [2.75, 3.05) is 19.6 Å². The number of likely N-dealkylation sites (tertiary alicyclic amines) is 1. The van der Waals surface area contributed by atoms with Gasteiger partial charge in [-0.3, -0.25) is 4.79 Å². The number of nitrogens with zero attached hydrogens (tertiary/aromatic N) is 1. The third-order valence-electron chi connectivity index (χ3n) is 4.25. The highest BCUT2D eigenvalue weighted by atomic mass is 16.6. The first-order valence-electron chi connectivity index (χ1n) is 6.94. The zero-order valence-electron chi connectivity index (χ0n) is 11.3. The summed E-state index contributed by atoms with van der Waals surface area (Å²) >= 11 is 0. The van der Waals surface area contributed by atoms with Gasteiger partial charge < -0.3 is 15.0 Å². The summed E-state index contributed by atoms with van der Waals surface area (Å²) in [6, 6.07) is 9.62. The molecular weight excluding hydrogens is 256 g/mol. The monoisotopic (exact) mass is 274 g/mol. The van der Waals surface area contributed by atoms with Crippen molar-refractivity contribution >= 4 is 12.0 Å². The summed E-state index contributed by atoms with van der Waals surface area (Å²) in [5, 5.41) is 2.79. The molecule has 0 aromatic heterocycles. The third-order valence-corrected chi connectivity index (χ3v) is 4.25. The lowest BCUT2D eigenvalue weighted by atomic mass is 9.73. The van der Waals surface area contributed by atoms with E-state index in [0.717, 1.165) is 24.9 Å². The molecule has 20 heavy (non-hydrogen) atoms. The van der Waals surface area contributed by atoms with Gasteiger partial charge in [-0.05, 0) is 18.4 Å². The fourth-order valence-electron chi connectivity index (χ4n) is 2.74. The molecule has 3 rings (SSSR count). The van der Waals surface area contributed by atoms with Crippen LogP contribution in [0.1, 0.15) is 18.4 Å². The van der Waals surface area contributed by atoms with Gasteiger partial charge in [0.2, 0.25) is 5.91 Å². The minimum Gasteiger partial charge on any atom is -0.445 e. The highest BCUT2D eigenvalue weighted by molar-refractivity contribution is 5.89. The SMILES string of the molecule is O=C(OCc1ccccc1)N1CCC2(CC1)CNC2=O. The fourth-order valence-corrected chi connectivity index (χ4v) is 2.74. The Morgan fingerprint density at radius 2 is 1.95 bits per heavy atom. The van der Waals surface area contributed by atoms with E-state index in [1.165, 1.54) is 0 Å². The Balaban J connectivity index is 1.48. The zero-order valence-corrected chi connectivity index (χ0v) is 11.3. The second-order valence-corrected chi connectivity index (χ2v) is 5.49. The summed E-state index contributed by atoms with van der Waals surface area (Å²) in [6.07, 6.45) is 1.18.